The molecule has 0 aliphatic heterocycles. The molecule has 0 aliphatic rings. The van der Waals surface area contributed by atoms with Crippen molar-refractivity contribution in [1.29, 1.82) is 0 Å². The molecule has 0 saturated heterocycles. The van der Waals surface area contributed by atoms with E-state index in [2.05, 4.69) is 53.1 Å². The Balaban J connectivity index is 1.53. The van der Waals surface area contributed by atoms with Gasteiger partial charge in [0.2, 0.25) is 0 Å². The topological polar surface area (TPSA) is 51.9 Å². The molecule has 0 fully saturated rings. The average Bonchev–Trinajstić information content (AvgIpc) is 3.25. The van der Waals surface area contributed by atoms with E-state index in [1.165, 1.54) is 16.8 Å². The number of aromatic nitrogens is 3. The number of hydrogen-bond acceptors (Lipinski definition) is 2. The van der Waals surface area contributed by atoms with Crippen molar-refractivity contribution in [3.05, 3.63) is 88.3 Å². The minimum Gasteiger partial charge on any atom is -0.350 e. The molecule has 0 radical (unpaired) electrons. The van der Waals surface area contributed by atoms with E-state index in [0.29, 0.717) is 23.7 Å². The van der Waals surface area contributed by atoms with Gasteiger partial charge in [-0.15, -0.1) is 0 Å². The summed E-state index contributed by atoms with van der Waals surface area (Å²) in [5.74, 6) is -0.0852. The predicted molar refractivity (Wildman–Crippen MR) is 117 cm³/mol. The minimum atomic E-state index is -0.0852. The Labute approximate surface area is 174 Å². The minimum absolute atomic E-state index is 0.0852. The van der Waals surface area contributed by atoms with Crippen LogP contribution in [-0.2, 0) is 13.1 Å². The fraction of sp³-hybridized carbons (Fsp3) is 0.217. The second-order valence-electron chi connectivity index (χ2n) is 7.19. The number of fused-ring (bicyclic) bond motifs is 1. The van der Waals surface area contributed by atoms with Gasteiger partial charge in [-0.1, -0.05) is 41.9 Å². The Morgan fingerprint density at radius 2 is 1.93 bits per heavy atom. The Kier molecular flexibility index (Phi) is 5.41. The van der Waals surface area contributed by atoms with Crippen molar-refractivity contribution in [3.63, 3.8) is 0 Å². The fourth-order valence-corrected chi connectivity index (χ4v) is 3.76. The van der Waals surface area contributed by atoms with Crippen LogP contribution in [0.15, 0.2) is 60.9 Å². The summed E-state index contributed by atoms with van der Waals surface area (Å²) in [6, 6.07) is 16.3. The van der Waals surface area contributed by atoms with Gasteiger partial charge in [0.25, 0.3) is 5.91 Å². The van der Waals surface area contributed by atoms with E-state index in [-0.39, 0.29) is 5.91 Å². The Morgan fingerprint density at radius 1 is 1.14 bits per heavy atom. The lowest BCUT2D eigenvalue weighted by Crippen LogP contribution is -2.27. The molecule has 2 aromatic heterocycles. The summed E-state index contributed by atoms with van der Waals surface area (Å²) in [6.07, 6.45) is 3.32. The van der Waals surface area contributed by atoms with Gasteiger partial charge in [-0.2, -0.15) is 5.10 Å². The molecule has 0 unspecified atom stereocenters. The number of nitrogens with one attached hydrogen (secondary N) is 1. The molecule has 29 heavy (non-hydrogen) atoms. The predicted octanol–water partition coefficient (Wildman–Crippen LogP) is 4.59. The maximum Gasteiger partial charge on any atom is 0.251 e. The van der Waals surface area contributed by atoms with E-state index in [0.717, 1.165) is 17.4 Å². The molecule has 1 N–H and O–H groups in total. The van der Waals surface area contributed by atoms with E-state index in [1.54, 1.807) is 17.1 Å². The molecule has 1 amide bonds. The summed E-state index contributed by atoms with van der Waals surface area (Å²) in [6.45, 7) is 6.12. The van der Waals surface area contributed by atoms with E-state index >= 15 is 0 Å². The quantitative estimate of drug-likeness (QED) is 0.509. The van der Waals surface area contributed by atoms with Gasteiger partial charge in [0.1, 0.15) is 0 Å². The van der Waals surface area contributed by atoms with Gasteiger partial charge in [0, 0.05) is 41.4 Å². The van der Waals surface area contributed by atoms with Crippen molar-refractivity contribution < 1.29 is 4.79 Å². The normalized spacial score (nSPS) is 11.1. The van der Waals surface area contributed by atoms with Crippen LogP contribution < -0.4 is 5.32 Å². The van der Waals surface area contributed by atoms with Crippen molar-refractivity contribution in [2.45, 2.75) is 26.9 Å². The number of benzene rings is 2. The Morgan fingerprint density at radius 3 is 2.66 bits per heavy atom. The molecule has 0 atom stereocenters. The van der Waals surface area contributed by atoms with Crippen LogP contribution in [-0.4, -0.2) is 26.8 Å². The molecule has 4 aromatic rings. The van der Waals surface area contributed by atoms with Gasteiger partial charge in [0.05, 0.1) is 17.8 Å². The van der Waals surface area contributed by atoms with Gasteiger partial charge >= 0.3 is 0 Å². The first-order valence-corrected chi connectivity index (χ1v) is 10.0. The first kappa shape index (κ1) is 19.3. The van der Waals surface area contributed by atoms with Crippen LogP contribution in [0, 0.1) is 13.8 Å². The van der Waals surface area contributed by atoms with Crippen LogP contribution in [0.25, 0.3) is 10.9 Å². The molecular weight excluding hydrogens is 384 g/mol. The Hall–Kier alpha value is -3.05. The van der Waals surface area contributed by atoms with Crippen LogP contribution in [0.2, 0.25) is 5.02 Å². The van der Waals surface area contributed by atoms with Gasteiger partial charge in [-0.25, -0.2) is 0 Å². The molecule has 0 saturated carbocycles. The second-order valence-corrected chi connectivity index (χ2v) is 7.63. The summed E-state index contributed by atoms with van der Waals surface area (Å²) in [5.41, 5.74) is 5.49. The Bertz CT molecular complexity index is 1160. The smallest absolute Gasteiger partial charge is 0.251 e. The first-order valence-electron chi connectivity index (χ1n) is 9.62. The molecule has 148 valence electrons. The van der Waals surface area contributed by atoms with Gasteiger partial charge < -0.3 is 9.88 Å². The fourth-order valence-electron chi connectivity index (χ4n) is 3.61. The monoisotopic (exact) mass is 406 g/mol. The number of amides is 1. The highest BCUT2D eigenvalue weighted by Gasteiger charge is 2.14. The van der Waals surface area contributed by atoms with Gasteiger partial charge in [-0.05, 0) is 43.2 Å². The summed E-state index contributed by atoms with van der Waals surface area (Å²) >= 11 is 5.86. The van der Waals surface area contributed by atoms with Crippen molar-refractivity contribution >= 4 is 28.4 Å². The summed E-state index contributed by atoms with van der Waals surface area (Å²) in [5, 5.41) is 8.77. The van der Waals surface area contributed by atoms with Crippen LogP contribution in [0.3, 0.4) is 0 Å². The zero-order valence-corrected chi connectivity index (χ0v) is 17.3. The largest absolute Gasteiger partial charge is 0.350 e. The third kappa shape index (κ3) is 4.05. The number of halogens is 1. The lowest BCUT2D eigenvalue weighted by Gasteiger charge is -2.09. The molecule has 6 heteroatoms. The van der Waals surface area contributed by atoms with E-state index in [4.69, 9.17) is 11.6 Å². The standard InChI is InChI=1S/C23H23ClN4O/c1-16-17(2)28(14-18-6-4-3-5-7-18)22-9-8-19(12-21(16)22)23(29)25-10-11-27-15-20(24)13-26-27/h3-9,12-13,15H,10-11,14H2,1-2H3,(H,25,29). The van der Waals surface area contributed by atoms with Crippen molar-refractivity contribution in [3.8, 4) is 0 Å². The lowest BCUT2D eigenvalue weighted by molar-refractivity contribution is 0.0952. The van der Waals surface area contributed by atoms with Gasteiger partial charge in [-0.3, -0.25) is 9.48 Å². The highest BCUT2D eigenvalue weighted by molar-refractivity contribution is 6.30. The molecule has 2 aromatic carbocycles. The molecule has 2 heterocycles. The molecule has 0 spiro atoms. The second kappa shape index (κ2) is 8.13. The lowest BCUT2D eigenvalue weighted by atomic mass is 10.1. The highest BCUT2D eigenvalue weighted by atomic mass is 35.5. The highest BCUT2D eigenvalue weighted by Crippen LogP contribution is 2.27. The van der Waals surface area contributed by atoms with Crippen LogP contribution in [0.4, 0.5) is 0 Å². The molecule has 0 bridgehead atoms. The zero-order chi connectivity index (χ0) is 20.4. The van der Waals surface area contributed by atoms with Crippen LogP contribution in [0.5, 0.6) is 0 Å². The summed E-state index contributed by atoms with van der Waals surface area (Å²) in [4.78, 5) is 12.6. The van der Waals surface area contributed by atoms with Gasteiger partial charge in [0.15, 0.2) is 0 Å². The maximum absolute atomic E-state index is 12.6. The molecule has 5 nitrogen and oxygen atoms in total. The van der Waals surface area contributed by atoms with Crippen molar-refractivity contribution in [1.82, 2.24) is 19.7 Å². The SMILES string of the molecule is Cc1c(C)n(Cc2ccccc2)c2ccc(C(=O)NCCn3cc(Cl)cn3)cc12. The van der Waals surface area contributed by atoms with Crippen molar-refractivity contribution in [2.24, 2.45) is 0 Å². The molecular formula is C23H23ClN4O. The molecule has 4 rings (SSSR count). The van der Waals surface area contributed by atoms with E-state index in [1.807, 2.05) is 24.3 Å². The number of carbonyl (C=O) groups excluding carboxylic acids is 1. The van der Waals surface area contributed by atoms with E-state index in [9.17, 15) is 4.79 Å². The third-order valence-corrected chi connectivity index (χ3v) is 5.51. The zero-order valence-electron chi connectivity index (χ0n) is 16.5. The first-order chi connectivity index (χ1) is 14.0. The van der Waals surface area contributed by atoms with Crippen LogP contribution in [0.1, 0.15) is 27.2 Å². The van der Waals surface area contributed by atoms with Crippen LogP contribution >= 0.6 is 11.6 Å². The number of hydrogen-bond donors (Lipinski definition) is 1. The van der Waals surface area contributed by atoms with Crippen molar-refractivity contribution in [2.75, 3.05) is 6.54 Å². The summed E-state index contributed by atoms with van der Waals surface area (Å²) in [7, 11) is 0. The number of rotatable bonds is 6. The number of nitrogens with zero attached hydrogens (tertiary/aromatic N) is 3. The number of carbonyl (C=O) groups is 1. The maximum atomic E-state index is 12.6. The molecule has 0 aliphatic carbocycles. The third-order valence-electron chi connectivity index (χ3n) is 5.31. The summed E-state index contributed by atoms with van der Waals surface area (Å²) < 4.78 is 4.02. The van der Waals surface area contributed by atoms with E-state index < -0.39 is 0 Å². The number of aryl methyl sites for hydroxylation is 1. The average molecular weight is 407 g/mol.